The third-order valence-electron chi connectivity index (χ3n) is 5.45. The Morgan fingerprint density at radius 1 is 0.938 bits per heavy atom. The number of benzene rings is 3. The molecule has 0 radical (unpaired) electrons. The van der Waals surface area contributed by atoms with E-state index in [4.69, 9.17) is 4.74 Å². The maximum absolute atomic E-state index is 13.2. The molecule has 32 heavy (non-hydrogen) atoms. The van der Waals surface area contributed by atoms with E-state index in [1.165, 1.54) is 6.20 Å². The van der Waals surface area contributed by atoms with Crippen LogP contribution in [0.2, 0.25) is 0 Å². The molecule has 0 spiro atoms. The Hall–Kier alpha value is -4.32. The van der Waals surface area contributed by atoms with Crippen LogP contribution in [-0.4, -0.2) is 22.5 Å². The van der Waals surface area contributed by atoms with Crippen molar-refractivity contribution < 1.29 is 9.53 Å². The van der Waals surface area contributed by atoms with Gasteiger partial charge in [-0.2, -0.15) is 0 Å². The van der Waals surface area contributed by atoms with E-state index in [0.717, 1.165) is 27.8 Å². The van der Waals surface area contributed by atoms with Gasteiger partial charge >= 0.3 is 0 Å². The molecule has 0 aliphatic rings. The standard InChI is InChI=1S/C26H21N3O3/c1-2-32-24-10-6-4-7-17(24)19-13-16-11-12-27-22(16)14-23(19)29-26(31)20-15-28-21-9-5-3-8-18(21)25(20)30/h3-15,27H,2H2,1H3,(H,28,30)(H,29,31). The lowest BCUT2D eigenvalue weighted by atomic mass is 10.00. The highest BCUT2D eigenvalue weighted by molar-refractivity contribution is 6.09. The summed E-state index contributed by atoms with van der Waals surface area (Å²) >= 11 is 0. The van der Waals surface area contributed by atoms with Crippen molar-refractivity contribution in [2.75, 3.05) is 11.9 Å². The number of fused-ring (bicyclic) bond motifs is 2. The van der Waals surface area contributed by atoms with E-state index in [9.17, 15) is 9.59 Å². The summed E-state index contributed by atoms with van der Waals surface area (Å²) in [5.74, 6) is 0.252. The molecular formula is C26H21N3O3. The second-order valence-electron chi connectivity index (χ2n) is 7.42. The fourth-order valence-corrected chi connectivity index (χ4v) is 3.92. The average Bonchev–Trinajstić information content (AvgIpc) is 3.27. The second-order valence-corrected chi connectivity index (χ2v) is 7.42. The van der Waals surface area contributed by atoms with Gasteiger partial charge in [0.2, 0.25) is 5.43 Å². The van der Waals surface area contributed by atoms with Gasteiger partial charge < -0.3 is 20.0 Å². The summed E-state index contributed by atoms with van der Waals surface area (Å²) in [5.41, 5.74) is 3.57. The Kier molecular flexibility index (Phi) is 4.95. The first kappa shape index (κ1) is 19.6. The van der Waals surface area contributed by atoms with E-state index in [0.29, 0.717) is 23.2 Å². The second kappa shape index (κ2) is 8.07. The SMILES string of the molecule is CCOc1ccccc1-c1cc2cc[nH]c2cc1NC(=O)c1c[nH]c2ccccc2c1=O. The van der Waals surface area contributed by atoms with Gasteiger partial charge in [0.1, 0.15) is 11.3 Å². The highest BCUT2D eigenvalue weighted by Gasteiger charge is 2.18. The summed E-state index contributed by atoms with van der Waals surface area (Å²) in [4.78, 5) is 32.3. The van der Waals surface area contributed by atoms with Crippen molar-refractivity contribution in [3.05, 3.63) is 94.9 Å². The highest BCUT2D eigenvalue weighted by Crippen LogP contribution is 2.37. The number of rotatable bonds is 5. The number of amides is 1. The zero-order valence-electron chi connectivity index (χ0n) is 17.4. The molecule has 0 unspecified atom stereocenters. The van der Waals surface area contributed by atoms with Crippen LogP contribution in [0.15, 0.2) is 83.9 Å². The Bertz CT molecular complexity index is 1510. The summed E-state index contributed by atoms with van der Waals surface area (Å²) in [6.07, 6.45) is 3.31. The molecule has 2 heterocycles. The Morgan fingerprint density at radius 3 is 2.62 bits per heavy atom. The molecule has 6 nitrogen and oxygen atoms in total. The lowest BCUT2D eigenvalue weighted by Gasteiger charge is -2.15. The van der Waals surface area contributed by atoms with Gasteiger partial charge in [-0.1, -0.05) is 30.3 Å². The van der Waals surface area contributed by atoms with E-state index in [2.05, 4.69) is 15.3 Å². The van der Waals surface area contributed by atoms with Crippen LogP contribution in [0.3, 0.4) is 0 Å². The number of H-pyrrole nitrogens is 2. The minimum absolute atomic E-state index is 0.0549. The van der Waals surface area contributed by atoms with Crippen LogP contribution < -0.4 is 15.5 Å². The molecule has 2 aromatic heterocycles. The molecule has 158 valence electrons. The molecule has 0 saturated heterocycles. The number of para-hydroxylation sites is 2. The lowest BCUT2D eigenvalue weighted by Crippen LogP contribution is -2.22. The van der Waals surface area contributed by atoms with Gasteiger partial charge in [0.25, 0.3) is 5.91 Å². The van der Waals surface area contributed by atoms with Crippen LogP contribution in [0.4, 0.5) is 5.69 Å². The number of carbonyl (C=O) groups is 1. The topological polar surface area (TPSA) is 87.0 Å². The van der Waals surface area contributed by atoms with Gasteiger partial charge in [-0.3, -0.25) is 9.59 Å². The molecule has 1 amide bonds. The number of aromatic amines is 2. The molecule has 5 aromatic rings. The summed E-state index contributed by atoms with van der Waals surface area (Å²) in [7, 11) is 0. The largest absolute Gasteiger partial charge is 0.493 e. The number of nitrogens with one attached hydrogen (secondary N) is 3. The zero-order chi connectivity index (χ0) is 22.1. The van der Waals surface area contributed by atoms with Gasteiger partial charge in [-0.15, -0.1) is 0 Å². The average molecular weight is 423 g/mol. The van der Waals surface area contributed by atoms with Crippen molar-refractivity contribution in [1.29, 1.82) is 0 Å². The summed E-state index contributed by atoms with van der Waals surface area (Å²) in [5, 5.41) is 4.43. The fraction of sp³-hybridized carbons (Fsp3) is 0.0769. The van der Waals surface area contributed by atoms with Crippen molar-refractivity contribution in [3.63, 3.8) is 0 Å². The quantitative estimate of drug-likeness (QED) is 0.357. The molecule has 0 aliphatic carbocycles. The van der Waals surface area contributed by atoms with Gasteiger partial charge in [0.05, 0.1) is 12.3 Å². The molecular weight excluding hydrogens is 402 g/mol. The number of ether oxygens (including phenoxy) is 1. The first-order valence-corrected chi connectivity index (χ1v) is 10.4. The van der Waals surface area contributed by atoms with E-state index >= 15 is 0 Å². The molecule has 0 saturated carbocycles. The molecule has 0 atom stereocenters. The Balaban J connectivity index is 1.62. The van der Waals surface area contributed by atoms with Crippen LogP contribution in [-0.2, 0) is 0 Å². The zero-order valence-corrected chi connectivity index (χ0v) is 17.4. The minimum Gasteiger partial charge on any atom is -0.493 e. The highest BCUT2D eigenvalue weighted by atomic mass is 16.5. The van der Waals surface area contributed by atoms with Crippen molar-refractivity contribution in [3.8, 4) is 16.9 Å². The smallest absolute Gasteiger partial charge is 0.261 e. The van der Waals surface area contributed by atoms with Gasteiger partial charge in [-0.25, -0.2) is 0 Å². The number of hydrogen-bond acceptors (Lipinski definition) is 3. The molecule has 3 aromatic carbocycles. The van der Waals surface area contributed by atoms with Gasteiger partial charge in [0.15, 0.2) is 0 Å². The summed E-state index contributed by atoms with van der Waals surface area (Å²) in [6.45, 7) is 2.46. The van der Waals surface area contributed by atoms with E-state index < -0.39 is 5.91 Å². The number of carbonyl (C=O) groups excluding carboxylic acids is 1. The van der Waals surface area contributed by atoms with Crippen LogP contribution >= 0.6 is 0 Å². The van der Waals surface area contributed by atoms with Crippen LogP contribution in [0.5, 0.6) is 5.75 Å². The van der Waals surface area contributed by atoms with E-state index in [1.807, 2.05) is 61.7 Å². The van der Waals surface area contributed by atoms with Crippen molar-refractivity contribution in [2.45, 2.75) is 6.92 Å². The maximum atomic E-state index is 13.2. The van der Waals surface area contributed by atoms with Gasteiger partial charge in [-0.05, 0) is 43.3 Å². The van der Waals surface area contributed by atoms with Crippen molar-refractivity contribution >= 4 is 33.4 Å². The predicted molar refractivity (Wildman–Crippen MR) is 127 cm³/mol. The first-order chi connectivity index (χ1) is 15.7. The third-order valence-corrected chi connectivity index (χ3v) is 5.45. The van der Waals surface area contributed by atoms with E-state index in [1.54, 1.807) is 18.2 Å². The fourth-order valence-electron chi connectivity index (χ4n) is 3.92. The summed E-state index contributed by atoms with van der Waals surface area (Å²) < 4.78 is 5.82. The van der Waals surface area contributed by atoms with Crippen LogP contribution in [0.25, 0.3) is 32.9 Å². The molecule has 6 heteroatoms. The Labute approximate surface area is 183 Å². The minimum atomic E-state index is -0.474. The molecule has 0 fully saturated rings. The molecule has 5 rings (SSSR count). The van der Waals surface area contributed by atoms with Crippen LogP contribution in [0, 0.1) is 0 Å². The number of hydrogen-bond donors (Lipinski definition) is 3. The number of anilines is 1. The van der Waals surface area contributed by atoms with Gasteiger partial charge in [0, 0.05) is 45.3 Å². The molecule has 3 N–H and O–H groups in total. The van der Waals surface area contributed by atoms with E-state index in [-0.39, 0.29) is 11.0 Å². The normalized spacial score (nSPS) is 11.0. The van der Waals surface area contributed by atoms with Crippen molar-refractivity contribution in [1.82, 2.24) is 9.97 Å². The maximum Gasteiger partial charge on any atom is 0.261 e. The third kappa shape index (κ3) is 3.41. The number of aromatic nitrogens is 2. The monoisotopic (exact) mass is 423 g/mol. The first-order valence-electron chi connectivity index (χ1n) is 10.4. The molecule has 0 bridgehead atoms. The van der Waals surface area contributed by atoms with Crippen molar-refractivity contribution in [2.24, 2.45) is 0 Å². The van der Waals surface area contributed by atoms with Crippen LogP contribution in [0.1, 0.15) is 17.3 Å². The number of pyridine rings is 1. The Morgan fingerprint density at radius 2 is 1.75 bits per heavy atom. The molecule has 0 aliphatic heterocycles. The predicted octanol–water partition coefficient (Wildman–Crippen LogP) is 5.33. The lowest BCUT2D eigenvalue weighted by molar-refractivity contribution is 0.102. The summed E-state index contributed by atoms with van der Waals surface area (Å²) in [6, 6.07) is 20.7.